The van der Waals surface area contributed by atoms with Gasteiger partial charge in [-0.25, -0.2) is 0 Å². The van der Waals surface area contributed by atoms with E-state index >= 15 is 0 Å². The Kier molecular flexibility index (Phi) is 4.19. The van der Waals surface area contributed by atoms with Crippen LogP contribution in [0.15, 0.2) is 47.1 Å². The molecular weight excluding hydrogens is 248 g/mol. The molecule has 0 bridgehead atoms. The molecule has 1 atom stereocenters. The minimum atomic E-state index is 0.565. The molecule has 1 aromatic heterocycles. The molecule has 0 aliphatic carbocycles. The third-order valence-corrected chi connectivity index (χ3v) is 4.09. The summed E-state index contributed by atoms with van der Waals surface area (Å²) in [6.45, 7) is 7.27. The smallest absolute Gasteiger partial charge is 0.117 e. The molecule has 1 N–H and O–H groups in total. The Labute approximate surface area is 120 Å². The summed E-state index contributed by atoms with van der Waals surface area (Å²) in [5.74, 6) is 1.61. The molecule has 0 amide bonds. The SMILES string of the molecule is CCN(Cc1ccco1)CC1CNCc2ccccc21. The maximum atomic E-state index is 5.47. The number of fused-ring (bicyclic) bond motifs is 1. The Morgan fingerprint density at radius 1 is 1.25 bits per heavy atom. The number of furan rings is 1. The van der Waals surface area contributed by atoms with E-state index in [1.807, 2.05) is 6.07 Å². The van der Waals surface area contributed by atoms with E-state index in [2.05, 4.69) is 47.5 Å². The molecule has 1 unspecified atom stereocenters. The summed E-state index contributed by atoms with van der Waals surface area (Å²) in [4.78, 5) is 2.45. The molecule has 1 aromatic carbocycles. The maximum Gasteiger partial charge on any atom is 0.117 e. The van der Waals surface area contributed by atoms with E-state index in [0.717, 1.165) is 38.5 Å². The highest BCUT2D eigenvalue weighted by Crippen LogP contribution is 2.25. The van der Waals surface area contributed by atoms with Crippen LogP contribution in [0.5, 0.6) is 0 Å². The highest BCUT2D eigenvalue weighted by molar-refractivity contribution is 5.32. The normalized spacial score (nSPS) is 18.2. The van der Waals surface area contributed by atoms with E-state index in [1.165, 1.54) is 11.1 Å². The number of benzene rings is 1. The quantitative estimate of drug-likeness (QED) is 0.905. The van der Waals surface area contributed by atoms with Crippen molar-refractivity contribution < 1.29 is 4.42 Å². The first-order valence-electron chi connectivity index (χ1n) is 7.40. The number of likely N-dealkylation sites (N-methyl/N-ethyl adjacent to an activating group) is 1. The molecule has 0 spiro atoms. The Morgan fingerprint density at radius 3 is 2.95 bits per heavy atom. The average molecular weight is 270 g/mol. The number of nitrogens with one attached hydrogen (secondary N) is 1. The number of hydrogen-bond donors (Lipinski definition) is 1. The highest BCUT2D eigenvalue weighted by Gasteiger charge is 2.21. The highest BCUT2D eigenvalue weighted by atomic mass is 16.3. The summed E-state index contributed by atoms with van der Waals surface area (Å²) >= 11 is 0. The average Bonchev–Trinajstić information content (AvgIpc) is 3.00. The molecule has 0 saturated heterocycles. The fourth-order valence-electron chi connectivity index (χ4n) is 2.99. The molecular formula is C17H22N2O. The predicted molar refractivity (Wildman–Crippen MR) is 80.5 cm³/mol. The zero-order valence-corrected chi connectivity index (χ0v) is 12.0. The Balaban J connectivity index is 1.70. The summed E-state index contributed by atoms with van der Waals surface area (Å²) in [5, 5.41) is 3.53. The second kappa shape index (κ2) is 6.25. The van der Waals surface area contributed by atoms with Crippen LogP contribution < -0.4 is 5.32 Å². The van der Waals surface area contributed by atoms with Gasteiger partial charge in [-0.15, -0.1) is 0 Å². The first kappa shape index (κ1) is 13.4. The minimum Gasteiger partial charge on any atom is -0.468 e. The fourth-order valence-corrected chi connectivity index (χ4v) is 2.99. The molecule has 20 heavy (non-hydrogen) atoms. The van der Waals surface area contributed by atoms with Gasteiger partial charge in [0, 0.05) is 25.6 Å². The molecule has 1 aliphatic heterocycles. The molecule has 3 heteroatoms. The molecule has 2 heterocycles. The van der Waals surface area contributed by atoms with E-state index in [4.69, 9.17) is 4.42 Å². The summed E-state index contributed by atoms with van der Waals surface area (Å²) in [5.41, 5.74) is 2.95. The van der Waals surface area contributed by atoms with Crippen LogP contribution >= 0.6 is 0 Å². The van der Waals surface area contributed by atoms with Gasteiger partial charge in [0.05, 0.1) is 12.8 Å². The predicted octanol–water partition coefficient (Wildman–Crippen LogP) is 2.99. The van der Waals surface area contributed by atoms with Crippen molar-refractivity contribution in [2.45, 2.75) is 25.9 Å². The molecule has 0 fully saturated rings. The van der Waals surface area contributed by atoms with Crippen molar-refractivity contribution >= 4 is 0 Å². The van der Waals surface area contributed by atoms with Gasteiger partial charge in [0.1, 0.15) is 5.76 Å². The van der Waals surface area contributed by atoms with Gasteiger partial charge in [-0.05, 0) is 29.8 Å². The van der Waals surface area contributed by atoms with Crippen LogP contribution in [0.3, 0.4) is 0 Å². The fraction of sp³-hybridized carbons (Fsp3) is 0.412. The van der Waals surface area contributed by atoms with Gasteiger partial charge in [0.25, 0.3) is 0 Å². The van der Waals surface area contributed by atoms with Crippen molar-refractivity contribution in [1.29, 1.82) is 0 Å². The van der Waals surface area contributed by atoms with Gasteiger partial charge in [0.15, 0.2) is 0 Å². The second-order valence-electron chi connectivity index (χ2n) is 5.43. The Bertz CT molecular complexity index is 536. The maximum absolute atomic E-state index is 5.47. The van der Waals surface area contributed by atoms with Crippen LogP contribution in [-0.4, -0.2) is 24.5 Å². The van der Waals surface area contributed by atoms with Gasteiger partial charge in [0.2, 0.25) is 0 Å². The molecule has 106 valence electrons. The van der Waals surface area contributed by atoms with Crippen molar-refractivity contribution in [1.82, 2.24) is 10.2 Å². The molecule has 1 aliphatic rings. The first-order chi connectivity index (χ1) is 9.86. The van der Waals surface area contributed by atoms with E-state index < -0.39 is 0 Å². The Hall–Kier alpha value is -1.58. The van der Waals surface area contributed by atoms with Gasteiger partial charge < -0.3 is 9.73 Å². The Morgan fingerprint density at radius 2 is 2.15 bits per heavy atom. The van der Waals surface area contributed by atoms with Crippen LogP contribution in [0.2, 0.25) is 0 Å². The van der Waals surface area contributed by atoms with Crippen LogP contribution in [0.1, 0.15) is 29.7 Å². The van der Waals surface area contributed by atoms with Crippen LogP contribution in [-0.2, 0) is 13.1 Å². The largest absolute Gasteiger partial charge is 0.468 e. The molecule has 3 nitrogen and oxygen atoms in total. The molecule has 2 aromatic rings. The van der Waals surface area contributed by atoms with Gasteiger partial charge >= 0.3 is 0 Å². The third-order valence-electron chi connectivity index (χ3n) is 4.09. The van der Waals surface area contributed by atoms with E-state index in [0.29, 0.717) is 5.92 Å². The second-order valence-corrected chi connectivity index (χ2v) is 5.43. The number of rotatable bonds is 5. The molecule has 3 rings (SSSR count). The van der Waals surface area contributed by atoms with Crippen molar-refractivity contribution in [3.05, 3.63) is 59.5 Å². The zero-order chi connectivity index (χ0) is 13.8. The molecule has 0 radical (unpaired) electrons. The third kappa shape index (κ3) is 2.94. The van der Waals surface area contributed by atoms with Gasteiger partial charge in [-0.1, -0.05) is 31.2 Å². The van der Waals surface area contributed by atoms with Crippen molar-refractivity contribution in [2.75, 3.05) is 19.6 Å². The summed E-state index contributed by atoms with van der Waals surface area (Å²) < 4.78 is 5.47. The van der Waals surface area contributed by atoms with Crippen molar-refractivity contribution in [3.8, 4) is 0 Å². The first-order valence-corrected chi connectivity index (χ1v) is 7.40. The lowest BCUT2D eigenvalue weighted by Gasteiger charge is -2.31. The van der Waals surface area contributed by atoms with Gasteiger partial charge in [-0.2, -0.15) is 0 Å². The standard InChI is InChI=1S/C17H22N2O/c1-2-19(13-16-7-5-9-20-16)12-15-11-18-10-14-6-3-4-8-17(14)15/h3-9,15,18H,2,10-13H2,1H3. The van der Waals surface area contributed by atoms with E-state index in [1.54, 1.807) is 6.26 Å². The van der Waals surface area contributed by atoms with Crippen LogP contribution in [0, 0.1) is 0 Å². The number of hydrogen-bond acceptors (Lipinski definition) is 3. The van der Waals surface area contributed by atoms with Crippen molar-refractivity contribution in [3.63, 3.8) is 0 Å². The van der Waals surface area contributed by atoms with Crippen LogP contribution in [0.25, 0.3) is 0 Å². The van der Waals surface area contributed by atoms with Crippen molar-refractivity contribution in [2.24, 2.45) is 0 Å². The monoisotopic (exact) mass is 270 g/mol. The topological polar surface area (TPSA) is 28.4 Å². The summed E-state index contributed by atoms with van der Waals surface area (Å²) in [6, 6.07) is 12.8. The zero-order valence-electron chi connectivity index (χ0n) is 12.0. The van der Waals surface area contributed by atoms with Crippen LogP contribution in [0.4, 0.5) is 0 Å². The lowest BCUT2D eigenvalue weighted by atomic mass is 9.90. The lowest BCUT2D eigenvalue weighted by Crippen LogP contribution is -2.36. The van der Waals surface area contributed by atoms with Gasteiger partial charge in [-0.3, -0.25) is 4.90 Å². The summed E-state index contributed by atoms with van der Waals surface area (Å²) in [6.07, 6.45) is 1.75. The lowest BCUT2D eigenvalue weighted by molar-refractivity contribution is 0.235. The minimum absolute atomic E-state index is 0.565. The van der Waals surface area contributed by atoms with E-state index in [9.17, 15) is 0 Å². The number of nitrogens with zero attached hydrogens (tertiary/aromatic N) is 1. The summed E-state index contributed by atoms with van der Waals surface area (Å²) in [7, 11) is 0. The molecule has 0 saturated carbocycles. The van der Waals surface area contributed by atoms with E-state index in [-0.39, 0.29) is 0 Å².